The van der Waals surface area contributed by atoms with Crippen LogP contribution in [0.3, 0.4) is 0 Å². The first-order valence-electron chi connectivity index (χ1n) is 0.783. The van der Waals surface area contributed by atoms with E-state index in [1.165, 1.54) is 0 Å². The second-order valence-electron chi connectivity index (χ2n) is 0.513. The van der Waals surface area contributed by atoms with Gasteiger partial charge in [0, 0.05) is 0 Å². The summed E-state index contributed by atoms with van der Waals surface area (Å²) in [6.45, 7) is 0. The molecule has 0 atom stereocenters. The molecule has 3 N–H and O–H groups in total. The molecule has 0 radical (unpaired) electrons. The zero-order valence-corrected chi connectivity index (χ0v) is 3.09. The minimum atomic E-state index is -4.64. The maximum atomic E-state index is 8.88. The molecule has 0 aromatic carbocycles. The van der Waals surface area contributed by atoms with Gasteiger partial charge in [-0.05, 0) is 0 Å². The Kier molecular flexibility index (Phi) is 74.7. The van der Waals surface area contributed by atoms with E-state index in [4.69, 9.17) is 19.2 Å². The first-order chi connectivity index (χ1) is 2.00. The van der Waals surface area contributed by atoms with Crippen LogP contribution in [-0.4, -0.2) is 203 Å². The SMILES string of the molecule is O=P(O)(O)O.[CaH2].[CaH2].[CaH2].[CaH2].[CaH2]. The van der Waals surface area contributed by atoms with Crippen LogP contribution >= 0.6 is 7.82 Å². The second kappa shape index (κ2) is 20.8. The summed E-state index contributed by atoms with van der Waals surface area (Å²) in [6, 6.07) is 0. The van der Waals surface area contributed by atoms with E-state index in [1.54, 1.807) is 0 Å². The van der Waals surface area contributed by atoms with Crippen molar-refractivity contribution in [1.82, 2.24) is 0 Å². The van der Waals surface area contributed by atoms with Crippen LogP contribution in [0.2, 0.25) is 0 Å². The fourth-order valence-corrected chi connectivity index (χ4v) is 0. The molecule has 4 nitrogen and oxygen atoms in total. The molecular weight excluding hydrogens is 295 g/mol. The summed E-state index contributed by atoms with van der Waals surface area (Å²) in [7, 11) is -4.64. The summed E-state index contributed by atoms with van der Waals surface area (Å²) in [5.74, 6) is 0. The number of rotatable bonds is 0. The Morgan fingerprint density at radius 1 is 0.700 bits per heavy atom. The molecule has 0 fully saturated rings. The molecular formula is H13Ca5O4P. The predicted molar refractivity (Wildman–Crippen MR) is 57.0 cm³/mol. The van der Waals surface area contributed by atoms with Gasteiger partial charge in [0.15, 0.2) is 0 Å². The molecule has 0 saturated heterocycles. The van der Waals surface area contributed by atoms with Gasteiger partial charge in [-0.25, -0.2) is 4.57 Å². The quantitative estimate of drug-likeness (QED) is 0.308. The Hall–Kier alpha value is 6.41. The molecule has 10 heteroatoms. The van der Waals surface area contributed by atoms with Crippen molar-refractivity contribution in [2.75, 3.05) is 0 Å². The van der Waals surface area contributed by atoms with Gasteiger partial charge in [0.05, 0.1) is 0 Å². The van der Waals surface area contributed by atoms with Crippen molar-refractivity contribution >= 4 is 197 Å². The van der Waals surface area contributed by atoms with Crippen molar-refractivity contribution < 1.29 is 19.2 Å². The van der Waals surface area contributed by atoms with Crippen LogP contribution in [0, 0.1) is 0 Å². The van der Waals surface area contributed by atoms with Crippen molar-refractivity contribution in [2.45, 2.75) is 0 Å². The van der Waals surface area contributed by atoms with E-state index < -0.39 is 7.82 Å². The molecule has 0 spiro atoms. The topological polar surface area (TPSA) is 77.8 Å². The molecule has 0 rings (SSSR count). The van der Waals surface area contributed by atoms with E-state index in [9.17, 15) is 0 Å². The molecule has 0 saturated carbocycles. The molecule has 0 unspecified atom stereocenters. The Morgan fingerprint density at radius 3 is 0.700 bits per heavy atom. The standard InChI is InChI=1S/5Ca.H3O4P.10H/c;;;;;1-5(2,3)4;;;;;;;;;;/h;;;;;(H3,1,2,3,4);;;;;;;;;;. The Balaban J connectivity index is -0.00000000800. The molecule has 0 aliphatic carbocycles. The zero-order chi connectivity index (χ0) is 4.50. The summed E-state index contributed by atoms with van der Waals surface area (Å²) in [6.07, 6.45) is 0. The summed E-state index contributed by atoms with van der Waals surface area (Å²) in [4.78, 5) is 21.6. The number of hydrogen-bond acceptors (Lipinski definition) is 1. The third kappa shape index (κ3) is 63.1. The number of hydrogen-bond donors (Lipinski definition) is 3. The Bertz CT molecular complexity index is 59.8. The fourth-order valence-electron chi connectivity index (χ4n) is 0. The van der Waals surface area contributed by atoms with Crippen LogP contribution in [-0.2, 0) is 4.57 Å². The number of phosphoric acid groups is 1. The molecule has 0 aromatic heterocycles. The van der Waals surface area contributed by atoms with Gasteiger partial charge in [0.25, 0.3) is 0 Å². The predicted octanol–water partition coefficient (Wildman–Crippen LogP) is -5.51. The van der Waals surface area contributed by atoms with Gasteiger partial charge < -0.3 is 14.7 Å². The van der Waals surface area contributed by atoms with Gasteiger partial charge in [-0.1, -0.05) is 0 Å². The molecule has 52 valence electrons. The molecule has 10 heavy (non-hydrogen) atoms. The summed E-state index contributed by atoms with van der Waals surface area (Å²) in [5, 5.41) is 0. The van der Waals surface area contributed by atoms with Gasteiger partial charge in [0.1, 0.15) is 0 Å². The third-order valence-corrected chi connectivity index (χ3v) is 0. The average molecular weight is 308 g/mol. The van der Waals surface area contributed by atoms with Crippen LogP contribution in [0.1, 0.15) is 0 Å². The first kappa shape index (κ1) is 36.0. The molecule has 0 amide bonds. The van der Waals surface area contributed by atoms with Crippen molar-refractivity contribution in [2.24, 2.45) is 0 Å². The molecule has 0 aromatic rings. The molecule has 0 aliphatic rings. The summed E-state index contributed by atoms with van der Waals surface area (Å²) < 4.78 is 8.88. The van der Waals surface area contributed by atoms with E-state index in [-0.39, 0.29) is 189 Å². The van der Waals surface area contributed by atoms with E-state index in [2.05, 4.69) is 0 Å². The van der Waals surface area contributed by atoms with E-state index in [0.29, 0.717) is 0 Å². The van der Waals surface area contributed by atoms with Crippen molar-refractivity contribution in [3.63, 3.8) is 0 Å². The van der Waals surface area contributed by atoms with Crippen LogP contribution < -0.4 is 0 Å². The first-order valence-corrected chi connectivity index (χ1v) is 2.35. The monoisotopic (exact) mass is 308 g/mol. The zero-order valence-electron chi connectivity index (χ0n) is 2.20. The van der Waals surface area contributed by atoms with Gasteiger partial charge in [-0.2, -0.15) is 0 Å². The van der Waals surface area contributed by atoms with E-state index in [0.717, 1.165) is 0 Å². The van der Waals surface area contributed by atoms with Crippen LogP contribution in [0.4, 0.5) is 0 Å². The second-order valence-corrected chi connectivity index (χ2v) is 1.54. The van der Waals surface area contributed by atoms with Crippen molar-refractivity contribution in [3.05, 3.63) is 0 Å². The normalized spacial score (nSPS) is 5.90. The van der Waals surface area contributed by atoms with Gasteiger partial charge in [-0.15, -0.1) is 0 Å². The van der Waals surface area contributed by atoms with E-state index in [1.807, 2.05) is 0 Å². The van der Waals surface area contributed by atoms with Crippen molar-refractivity contribution in [3.8, 4) is 0 Å². The van der Waals surface area contributed by atoms with Crippen LogP contribution in [0.5, 0.6) is 0 Å². The van der Waals surface area contributed by atoms with Gasteiger partial charge in [0.2, 0.25) is 0 Å². The Morgan fingerprint density at radius 2 is 0.700 bits per heavy atom. The van der Waals surface area contributed by atoms with Crippen LogP contribution in [0.15, 0.2) is 0 Å². The van der Waals surface area contributed by atoms with Crippen LogP contribution in [0.25, 0.3) is 0 Å². The summed E-state index contributed by atoms with van der Waals surface area (Å²) in [5.41, 5.74) is 0. The van der Waals surface area contributed by atoms with E-state index >= 15 is 0 Å². The minimum absolute atomic E-state index is 0. The fraction of sp³-hybridized carbons (Fsp3) is 0. The summed E-state index contributed by atoms with van der Waals surface area (Å²) >= 11 is 0. The van der Waals surface area contributed by atoms with Crippen molar-refractivity contribution in [1.29, 1.82) is 0 Å². The average Bonchev–Trinajstić information content (AvgIpc) is 0.722. The molecule has 0 bridgehead atoms. The maximum absolute atomic E-state index is 8.88. The Labute approximate surface area is 209 Å². The third-order valence-electron chi connectivity index (χ3n) is 0. The van der Waals surface area contributed by atoms with Gasteiger partial charge >= 0.3 is 197 Å². The molecule has 0 heterocycles. The molecule has 0 aliphatic heterocycles. The van der Waals surface area contributed by atoms with Gasteiger partial charge in [-0.3, -0.25) is 0 Å².